The average Bonchev–Trinajstić information content (AvgIpc) is 3.42. The van der Waals surface area contributed by atoms with E-state index in [1.807, 2.05) is 0 Å². The van der Waals surface area contributed by atoms with E-state index < -0.39 is 101 Å². The summed E-state index contributed by atoms with van der Waals surface area (Å²) >= 11 is 8.67. The third kappa shape index (κ3) is 18.0. The highest BCUT2D eigenvalue weighted by molar-refractivity contribution is 9.10. The maximum atomic E-state index is 14.3. The molecule has 0 radical (unpaired) electrons. The van der Waals surface area contributed by atoms with Crippen molar-refractivity contribution in [2.75, 3.05) is 25.3 Å². The van der Waals surface area contributed by atoms with Gasteiger partial charge in [0.15, 0.2) is 5.69 Å². The van der Waals surface area contributed by atoms with Gasteiger partial charge in [-0.3, -0.25) is 24.7 Å². The van der Waals surface area contributed by atoms with Crippen molar-refractivity contribution in [2.24, 2.45) is 7.05 Å². The molecule has 4 aromatic rings. The van der Waals surface area contributed by atoms with Crippen LogP contribution in [0.25, 0.3) is 11.3 Å². The van der Waals surface area contributed by atoms with E-state index in [1.165, 1.54) is 32.2 Å². The Kier molecular flexibility index (Phi) is 19.4. The van der Waals surface area contributed by atoms with Gasteiger partial charge in [-0.1, -0.05) is 29.8 Å². The zero-order valence-corrected chi connectivity index (χ0v) is 37.0. The second kappa shape index (κ2) is 22.6. The van der Waals surface area contributed by atoms with Crippen molar-refractivity contribution < 1.29 is 82.5 Å². The van der Waals surface area contributed by atoms with Gasteiger partial charge in [0.25, 0.3) is 10.0 Å². The third-order valence-corrected chi connectivity index (χ3v) is 10.2. The van der Waals surface area contributed by atoms with Gasteiger partial charge in [0.1, 0.15) is 17.3 Å². The highest BCUT2D eigenvalue weighted by atomic mass is 79.9. The lowest BCUT2D eigenvalue weighted by Crippen LogP contribution is -2.35. The van der Waals surface area contributed by atoms with E-state index in [9.17, 15) is 58.1 Å². The van der Waals surface area contributed by atoms with Crippen molar-refractivity contribution in [3.63, 3.8) is 0 Å². The first-order chi connectivity index (χ1) is 28.8. The fourth-order valence-corrected chi connectivity index (χ4v) is 7.19. The van der Waals surface area contributed by atoms with Gasteiger partial charge < -0.3 is 24.4 Å². The number of carbonyl (C=O) groups is 3. The molecule has 0 saturated carbocycles. The number of ether oxygens (including phenoxy) is 2. The molecule has 0 fully saturated rings. The van der Waals surface area contributed by atoms with Gasteiger partial charge in [0.05, 0.1) is 46.0 Å². The van der Waals surface area contributed by atoms with Gasteiger partial charge in [0, 0.05) is 19.0 Å². The molecule has 0 aliphatic heterocycles. The molecule has 0 unspecified atom stereocenters. The molecular weight excluding hydrogens is 996 g/mol. The number of nitrogens with one attached hydrogen (secondary N) is 3. The van der Waals surface area contributed by atoms with Crippen molar-refractivity contribution in [3.05, 3.63) is 74.4 Å². The molecular formula is C33H36BrClF7N8O11PS. The molecule has 0 aliphatic carbocycles. The summed E-state index contributed by atoms with van der Waals surface area (Å²) in [6.45, 7) is 4.29. The molecule has 4 rings (SSSR count). The Labute approximate surface area is 366 Å². The summed E-state index contributed by atoms with van der Waals surface area (Å²) in [6.07, 6.45) is -11.9. The molecule has 348 valence electrons. The van der Waals surface area contributed by atoms with Crippen LogP contribution >= 0.6 is 35.1 Å². The number of anilines is 1. The average molecular weight is 1030 g/mol. The Morgan fingerprint density at radius 2 is 1.67 bits per heavy atom. The van der Waals surface area contributed by atoms with E-state index in [4.69, 9.17) is 36.0 Å². The van der Waals surface area contributed by atoms with E-state index >= 15 is 0 Å². The summed E-state index contributed by atoms with van der Waals surface area (Å²) < 4.78 is 137. The molecule has 0 spiro atoms. The van der Waals surface area contributed by atoms with Crippen LogP contribution in [0.3, 0.4) is 0 Å². The number of aromatic nitrogens is 5. The molecule has 0 aliphatic rings. The fourth-order valence-electron chi connectivity index (χ4n) is 4.61. The number of alkyl halides is 6. The highest BCUT2D eigenvalue weighted by Crippen LogP contribution is 2.41. The number of halogens is 9. The minimum absolute atomic E-state index is 0.0715. The van der Waals surface area contributed by atoms with Crippen molar-refractivity contribution in [3.8, 4) is 17.3 Å². The molecule has 30 heteroatoms. The first-order valence-corrected chi connectivity index (χ1v) is 21.5. The Hall–Kier alpha value is -4.99. The van der Waals surface area contributed by atoms with Crippen molar-refractivity contribution in [1.29, 1.82) is 0 Å². The zero-order chi connectivity index (χ0) is 48.2. The maximum absolute atomic E-state index is 14.3. The fraction of sp³-hybridized carbons (Fsp3) is 0.364. The number of methoxy groups -OCH3 is 1. The number of rotatable bonds is 13. The van der Waals surface area contributed by atoms with E-state index in [0.29, 0.717) is 4.68 Å². The lowest BCUT2D eigenvalue weighted by Gasteiger charge is -2.13. The first-order valence-electron chi connectivity index (χ1n) is 17.1. The topological polar surface area (TPSA) is 274 Å². The number of carboxylic acids is 1. The number of hydrogen-bond acceptors (Lipinski definition) is 13. The molecule has 0 bridgehead atoms. The Morgan fingerprint density at radius 3 is 2.19 bits per heavy atom. The summed E-state index contributed by atoms with van der Waals surface area (Å²) in [5.41, 5.74) is -1.93. The lowest BCUT2D eigenvalue weighted by molar-refractivity contribution is -0.144. The monoisotopic (exact) mass is 1030 g/mol. The predicted octanol–water partition coefficient (Wildman–Crippen LogP) is 6.22. The first kappa shape index (κ1) is 54.1. The standard InChI is InChI=1S/C15H12BrClF4N2O2.C15H16F3N5O4S.C3H8NO5P/c1-6(2)25-14(24)7-4-8(10(18)5-9(7)17)12-11(16)13(15(19,20)21)23(3)22-12;1-9-19-12(22-14(20-9)27-2)21-13(24)23-28(25,26)11-6-4-3-5-10(11)7-8-15(16,17)18;5-3(6)1-4-2-10(7,8)9/h4-6H,1-3H3;3-6H,7-8H2,1-2H3,(H2,19,20,21,22,23,24);4H,1-2H2,(H,5,6)(H2,7,8,9). The normalized spacial score (nSPS) is 11.8. The molecule has 6 N–H and O–H groups in total. The number of sulfonamides is 1. The van der Waals surface area contributed by atoms with Crippen molar-refractivity contribution >= 4 is 69.1 Å². The zero-order valence-electron chi connectivity index (χ0n) is 33.0. The van der Waals surface area contributed by atoms with Crippen molar-refractivity contribution in [2.45, 2.75) is 57.0 Å². The van der Waals surface area contributed by atoms with Gasteiger partial charge in [-0.05, 0) is 66.9 Å². The van der Waals surface area contributed by atoms with Gasteiger partial charge in [-0.25, -0.2) is 27.1 Å². The smallest absolute Gasteiger partial charge is 0.434 e. The predicted molar refractivity (Wildman–Crippen MR) is 211 cm³/mol. The van der Waals surface area contributed by atoms with Crippen LogP contribution < -0.4 is 20.1 Å². The van der Waals surface area contributed by atoms with Crippen LogP contribution in [0.1, 0.15) is 47.7 Å². The summed E-state index contributed by atoms with van der Waals surface area (Å²) in [6, 6.07) is 5.67. The van der Waals surface area contributed by atoms with Gasteiger partial charge in [0.2, 0.25) is 5.95 Å². The van der Waals surface area contributed by atoms with Crippen LogP contribution in [0.5, 0.6) is 6.01 Å². The second-order valence-electron chi connectivity index (χ2n) is 12.5. The van der Waals surface area contributed by atoms with E-state index in [2.05, 4.69) is 46.6 Å². The number of hydrogen-bond donors (Lipinski definition) is 6. The molecule has 2 heterocycles. The summed E-state index contributed by atoms with van der Waals surface area (Å²) in [5, 5.41) is 15.7. The SMILES string of the molecule is CC(C)OC(=O)c1cc(-c2nn(C)c(C(F)(F)F)c2Br)c(F)cc1Cl.COc1nc(C)nc(NC(=O)NS(=O)(=O)c2ccccc2CCC(F)(F)F)n1.O=C(O)CNCP(=O)(O)O. The number of urea groups is 1. The number of benzene rings is 2. The third-order valence-electron chi connectivity index (χ3n) is 7.03. The lowest BCUT2D eigenvalue weighted by atomic mass is 10.1. The number of aryl methyl sites for hydroxylation is 3. The molecule has 2 aromatic carbocycles. The van der Waals surface area contributed by atoms with E-state index in [1.54, 1.807) is 18.6 Å². The molecule has 2 amide bonds. The Balaban J connectivity index is 0.000000359. The Bertz CT molecular complexity index is 2440. The number of aliphatic carboxylic acids is 1. The number of esters is 1. The molecule has 0 saturated heterocycles. The van der Waals surface area contributed by atoms with Crippen LogP contribution in [0.15, 0.2) is 45.8 Å². The van der Waals surface area contributed by atoms with Crippen LogP contribution in [-0.2, 0) is 43.8 Å². The largest absolute Gasteiger partial charge is 0.480 e. The number of amides is 2. The molecule has 19 nitrogen and oxygen atoms in total. The number of nitrogens with zero attached hydrogens (tertiary/aromatic N) is 5. The molecule has 0 atom stereocenters. The second-order valence-corrected chi connectivity index (χ2v) is 17.0. The van der Waals surface area contributed by atoms with Crippen LogP contribution in [0, 0.1) is 12.7 Å². The van der Waals surface area contributed by atoms with Crippen LogP contribution in [0.2, 0.25) is 5.02 Å². The van der Waals surface area contributed by atoms with Gasteiger partial charge in [-0.15, -0.1) is 0 Å². The number of carbonyl (C=O) groups excluding carboxylic acids is 2. The van der Waals surface area contributed by atoms with Gasteiger partial charge >= 0.3 is 43.9 Å². The summed E-state index contributed by atoms with van der Waals surface area (Å²) in [5.74, 6) is -2.93. The maximum Gasteiger partial charge on any atom is 0.434 e. The quantitative estimate of drug-likeness (QED) is 0.0493. The van der Waals surface area contributed by atoms with E-state index in [0.717, 1.165) is 25.2 Å². The van der Waals surface area contributed by atoms with Crippen molar-refractivity contribution in [1.82, 2.24) is 34.8 Å². The van der Waals surface area contributed by atoms with Gasteiger partial charge in [-0.2, -0.15) is 46.4 Å². The van der Waals surface area contributed by atoms with E-state index in [-0.39, 0.29) is 45.2 Å². The van der Waals surface area contributed by atoms with Crippen LogP contribution in [0.4, 0.5) is 41.5 Å². The minimum Gasteiger partial charge on any atom is -0.480 e. The Morgan fingerprint density at radius 1 is 1.05 bits per heavy atom. The highest BCUT2D eigenvalue weighted by Gasteiger charge is 2.39. The van der Waals surface area contributed by atoms with Crippen LogP contribution in [-0.4, -0.2) is 98.2 Å². The minimum atomic E-state index is -4.69. The summed E-state index contributed by atoms with van der Waals surface area (Å²) in [7, 11) is -6.16. The molecule has 63 heavy (non-hydrogen) atoms. The molecule has 2 aromatic heterocycles. The summed E-state index contributed by atoms with van der Waals surface area (Å²) in [4.78, 5) is 61.1. The number of carboxylic acid groups (broad SMARTS) is 1.